The number of rotatable bonds is 5. The number of fused-ring (bicyclic) bond motifs is 2. The van der Waals surface area contributed by atoms with Crippen LogP contribution in [0.3, 0.4) is 0 Å². The summed E-state index contributed by atoms with van der Waals surface area (Å²) in [5.41, 5.74) is 0.881. The molecule has 0 aliphatic heterocycles. The second-order valence-corrected chi connectivity index (χ2v) is 10.1. The number of hydrogen-bond acceptors (Lipinski definition) is 6. The van der Waals surface area contributed by atoms with Crippen LogP contribution in [-0.2, 0) is 0 Å². The molecule has 4 atom stereocenters. The number of aliphatic hydroxyl groups is 1. The van der Waals surface area contributed by atoms with Crippen molar-refractivity contribution in [2.75, 3.05) is 20.8 Å². The zero-order valence-electron chi connectivity index (χ0n) is 19.7. The van der Waals surface area contributed by atoms with Crippen molar-refractivity contribution < 1.29 is 23.7 Å². The van der Waals surface area contributed by atoms with E-state index in [1.807, 2.05) is 0 Å². The van der Waals surface area contributed by atoms with E-state index in [0.29, 0.717) is 40.7 Å². The van der Waals surface area contributed by atoms with Gasteiger partial charge in [0.15, 0.2) is 11.3 Å². The van der Waals surface area contributed by atoms with E-state index in [1.165, 1.54) is 18.7 Å². The fourth-order valence-corrected chi connectivity index (χ4v) is 6.25. The molecule has 174 valence electrons. The van der Waals surface area contributed by atoms with E-state index in [0.717, 1.165) is 25.7 Å². The quantitative estimate of drug-likeness (QED) is 0.521. The minimum Gasteiger partial charge on any atom is -0.493 e. The predicted octanol–water partition coefficient (Wildman–Crippen LogP) is 4.96. The summed E-state index contributed by atoms with van der Waals surface area (Å²) in [7, 11) is 3.10. The molecule has 4 rings (SSSR count). The van der Waals surface area contributed by atoms with Gasteiger partial charge in [0.1, 0.15) is 0 Å². The monoisotopic (exact) mass is 442 g/mol. The van der Waals surface area contributed by atoms with E-state index in [-0.39, 0.29) is 22.9 Å². The average molecular weight is 443 g/mol. The third-order valence-electron chi connectivity index (χ3n) is 8.16. The fourth-order valence-electron chi connectivity index (χ4n) is 6.25. The van der Waals surface area contributed by atoms with Crippen molar-refractivity contribution in [3.8, 4) is 17.2 Å². The molecule has 0 unspecified atom stereocenters. The van der Waals surface area contributed by atoms with Crippen molar-refractivity contribution in [3.63, 3.8) is 0 Å². The average Bonchev–Trinajstić information content (AvgIpc) is 2.75. The van der Waals surface area contributed by atoms with Gasteiger partial charge in [0.25, 0.3) is 0 Å². The van der Waals surface area contributed by atoms with Gasteiger partial charge < -0.3 is 23.7 Å². The lowest BCUT2D eigenvalue weighted by Crippen LogP contribution is -2.55. The fraction of sp³-hybridized carbons (Fsp3) is 0.577. The zero-order chi connectivity index (χ0) is 23.3. The summed E-state index contributed by atoms with van der Waals surface area (Å²) in [6.07, 6.45) is 3.36. The van der Waals surface area contributed by atoms with E-state index < -0.39 is 5.63 Å². The Bertz CT molecular complexity index is 1080. The lowest BCUT2D eigenvalue weighted by molar-refractivity contribution is -0.128. The van der Waals surface area contributed by atoms with Gasteiger partial charge >= 0.3 is 5.63 Å². The van der Waals surface area contributed by atoms with Crippen LogP contribution < -0.4 is 19.8 Å². The standard InChI is InChI=1S/C26H34O6/c1-15-7-9-19-25(2,3)20(27)11-12-26(19,4)17(15)14-31-23-18(29-5)13-16-8-10-21(28)32-22(16)24(23)30-6/h8,10,13,17,19-20,27H,1,7,9,11-12,14H2,2-6H3/t17-,19-,20-,26-/m0/s1. The highest BCUT2D eigenvalue weighted by molar-refractivity contribution is 5.88. The molecule has 0 radical (unpaired) electrons. The number of methoxy groups -OCH3 is 2. The first-order valence-electron chi connectivity index (χ1n) is 11.3. The number of benzene rings is 1. The molecule has 1 aromatic heterocycles. The molecule has 0 saturated heterocycles. The summed E-state index contributed by atoms with van der Waals surface area (Å²) in [6, 6.07) is 4.84. The maximum absolute atomic E-state index is 11.8. The Labute approximate surface area is 189 Å². The van der Waals surface area contributed by atoms with Gasteiger partial charge in [-0.05, 0) is 54.6 Å². The summed E-state index contributed by atoms with van der Waals surface area (Å²) >= 11 is 0. The molecule has 2 saturated carbocycles. The molecule has 2 aliphatic carbocycles. The maximum atomic E-state index is 11.8. The van der Waals surface area contributed by atoms with Crippen LogP contribution in [0.15, 0.2) is 39.6 Å². The summed E-state index contributed by atoms with van der Waals surface area (Å²) in [6.45, 7) is 11.5. The van der Waals surface area contributed by atoms with Crippen molar-refractivity contribution in [1.82, 2.24) is 0 Å². The van der Waals surface area contributed by atoms with Crippen molar-refractivity contribution in [2.24, 2.45) is 22.7 Å². The normalized spacial score (nSPS) is 29.4. The minimum absolute atomic E-state index is 0.0258. The summed E-state index contributed by atoms with van der Waals surface area (Å²) < 4.78 is 23.0. The minimum atomic E-state index is -0.453. The first-order chi connectivity index (χ1) is 15.1. The Hall–Kier alpha value is -2.47. The second-order valence-electron chi connectivity index (χ2n) is 10.1. The predicted molar refractivity (Wildman–Crippen MR) is 124 cm³/mol. The van der Waals surface area contributed by atoms with Crippen LogP contribution in [0.5, 0.6) is 17.2 Å². The zero-order valence-corrected chi connectivity index (χ0v) is 19.7. The van der Waals surface area contributed by atoms with Crippen molar-refractivity contribution >= 4 is 11.0 Å². The van der Waals surface area contributed by atoms with Gasteiger partial charge in [-0.3, -0.25) is 0 Å². The van der Waals surface area contributed by atoms with E-state index in [4.69, 9.17) is 18.6 Å². The lowest BCUT2D eigenvalue weighted by atomic mass is 9.47. The Morgan fingerprint density at radius 2 is 1.91 bits per heavy atom. The van der Waals surface area contributed by atoms with Gasteiger partial charge in [0.05, 0.1) is 26.9 Å². The van der Waals surface area contributed by atoms with Gasteiger partial charge in [-0.1, -0.05) is 32.9 Å². The molecular formula is C26H34O6. The third kappa shape index (κ3) is 3.49. The molecule has 0 bridgehead atoms. The molecular weight excluding hydrogens is 408 g/mol. The maximum Gasteiger partial charge on any atom is 0.336 e. The smallest absolute Gasteiger partial charge is 0.336 e. The SMILES string of the molecule is C=C1CC[C@H]2C(C)(C)[C@@H](O)CC[C@@]2(C)[C@H]1COc1c(OC)cc2ccc(=O)oc2c1OC. The largest absolute Gasteiger partial charge is 0.493 e. The van der Waals surface area contributed by atoms with Crippen molar-refractivity contribution in [2.45, 2.75) is 52.6 Å². The van der Waals surface area contributed by atoms with Crippen LogP contribution in [0.4, 0.5) is 0 Å². The molecule has 1 aromatic carbocycles. The number of aliphatic hydroxyl groups excluding tert-OH is 1. The van der Waals surface area contributed by atoms with Gasteiger partial charge in [-0.25, -0.2) is 4.79 Å². The Morgan fingerprint density at radius 3 is 2.59 bits per heavy atom. The van der Waals surface area contributed by atoms with E-state index >= 15 is 0 Å². The molecule has 6 heteroatoms. The lowest BCUT2D eigenvalue weighted by Gasteiger charge is -2.59. The molecule has 2 aromatic rings. The van der Waals surface area contributed by atoms with Crippen LogP contribution >= 0.6 is 0 Å². The van der Waals surface area contributed by atoms with Crippen LogP contribution in [0.25, 0.3) is 11.0 Å². The van der Waals surface area contributed by atoms with Crippen LogP contribution in [0, 0.1) is 22.7 Å². The molecule has 6 nitrogen and oxygen atoms in total. The first kappa shape index (κ1) is 22.7. The molecule has 1 heterocycles. The van der Waals surface area contributed by atoms with Gasteiger partial charge in [-0.2, -0.15) is 0 Å². The second kappa shape index (κ2) is 8.14. The summed E-state index contributed by atoms with van der Waals surface area (Å²) in [5, 5.41) is 11.4. The van der Waals surface area contributed by atoms with Gasteiger partial charge in [0, 0.05) is 17.4 Å². The van der Waals surface area contributed by atoms with Crippen molar-refractivity contribution in [1.29, 1.82) is 0 Å². The molecule has 1 N–H and O–H groups in total. The highest BCUT2D eigenvalue weighted by Crippen LogP contribution is 2.61. The Morgan fingerprint density at radius 1 is 1.16 bits per heavy atom. The van der Waals surface area contributed by atoms with Crippen molar-refractivity contribution in [3.05, 3.63) is 40.8 Å². The van der Waals surface area contributed by atoms with E-state index in [9.17, 15) is 9.90 Å². The molecule has 2 aliphatic rings. The highest BCUT2D eigenvalue weighted by Gasteiger charge is 2.56. The molecule has 0 amide bonds. The summed E-state index contributed by atoms with van der Waals surface area (Å²) in [5.74, 6) is 1.79. The first-order valence-corrected chi connectivity index (χ1v) is 11.3. The topological polar surface area (TPSA) is 78.1 Å². The van der Waals surface area contributed by atoms with E-state index in [2.05, 4.69) is 27.4 Å². The Kier molecular flexibility index (Phi) is 5.78. The van der Waals surface area contributed by atoms with Crippen LogP contribution in [-0.4, -0.2) is 32.0 Å². The van der Waals surface area contributed by atoms with Gasteiger partial charge in [0.2, 0.25) is 11.5 Å². The number of ether oxygens (including phenoxy) is 3. The Balaban J connectivity index is 1.71. The number of hydrogen-bond donors (Lipinski definition) is 1. The third-order valence-corrected chi connectivity index (χ3v) is 8.16. The molecule has 0 spiro atoms. The molecule has 2 fully saturated rings. The van der Waals surface area contributed by atoms with E-state index in [1.54, 1.807) is 19.2 Å². The van der Waals surface area contributed by atoms with Crippen LogP contribution in [0.1, 0.15) is 46.5 Å². The van der Waals surface area contributed by atoms with Gasteiger partial charge in [-0.15, -0.1) is 0 Å². The summed E-state index contributed by atoms with van der Waals surface area (Å²) in [4.78, 5) is 11.8. The molecule has 32 heavy (non-hydrogen) atoms. The van der Waals surface area contributed by atoms with Crippen LogP contribution in [0.2, 0.25) is 0 Å². The highest BCUT2D eigenvalue weighted by atomic mass is 16.5.